The molecule has 2 rings (SSSR count). The maximum Gasteiger partial charge on any atom is 0.297 e. The zero-order chi connectivity index (χ0) is 13.9. The molecule has 1 aliphatic heterocycles. The third-order valence-corrected chi connectivity index (χ3v) is 4.92. The van der Waals surface area contributed by atoms with E-state index in [0.717, 1.165) is 18.4 Å². The van der Waals surface area contributed by atoms with Crippen molar-refractivity contribution in [1.82, 2.24) is 0 Å². The minimum absolute atomic E-state index is 0.219. The maximum atomic E-state index is 12.1. The lowest BCUT2D eigenvalue weighted by Gasteiger charge is -2.27. The molecule has 1 unspecified atom stereocenters. The van der Waals surface area contributed by atoms with Crippen LogP contribution in [0, 0.1) is 12.8 Å². The fourth-order valence-corrected chi connectivity index (χ4v) is 3.36. The van der Waals surface area contributed by atoms with E-state index in [-0.39, 0.29) is 16.9 Å². The molecule has 1 atom stereocenters. The van der Waals surface area contributed by atoms with Gasteiger partial charge in [-0.2, -0.15) is 8.42 Å². The van der Waals surface area contributed by atoms with Gasteiger partial charge in [-0.1, -0.05) is 17.7 Å². The van der Waals surface area contributed by atoms with Crippen LogP contribution in [0.5, 0.6) is 0 Å². The molecule has 5 heteroatoms. The van der Waals surface area contributed by atoms with Crippen LogP contribution in [0.3, 0.4) is 0 Å². The Morgan fingerprint density at radius 2 is 1.79 bits per heavy atom. The molecule has 0 N–H and O–H groups in total. The van der Waals surface area contributed by atoms with Crippen LogP contribution in [0.2, 0.25) is 0 Å². The van der Waals surface area contributed by atoms with Crippen molar-refractivity contribution in [1.29, 1.82) is 0 Å². The molecule has 1 aromatic carbocycles. The lowest BCUT2D eigenvalue weighted by molar-refractivity contribution is 0.0258. The van der Waals surface area contributed by atoms with Crippen molar-refractivity contribution in [3.05, 3.63) is 29.8 Å². The summed E-state index contributed by atoms with van der Waals surface area (Å²) in [4.78, 5) is 0.219. The highest BCUT2D eigenvalue weighted by atomic mass is 32.2. The fourth-order valence-electron chi connectivity index (χ4n) is 2.22. The molecule has 0 aromatic heterocycles. The van der Waals surface area contributed by atoms with Crippen molar-refractivity contribution in [2.24, 2.45) is 5.92 Å². The van der Waals surface area contributed by atoms with E-state index >= 15 is 0 Å². The molecule has 1 saturated heterocycles. The van der Waals surface area contributed by atoms with Crippen LogP contribution in [0.4, 0.5) is 0 Å². The Kier molecular flexibility index (Phi) is 4.60. The molecule has 0 saturated carbocycles. The summed E-state index contributed by atoms with van der Waals surface area (Å²) in [6.07, 6.45) is 1.39. The number of benzene rings is 1. The van der Waals surface area contributed by atoms with Crippen LogP contribution in [-0.2, 0) is 19.0 Å². The predicted octanol–water partition coefficient (Wildman–Crippen LogP) is 2.52. The van der Waals surface area contributed by atoms with Gasteiger partial charge in [-0.25, -0.2) is 0 Å². The maximum absolute atomic E-state index is 12.1. The van der Waals surface area contributed by atoms with Crippen LogP contribution in [0.15, 0.2) is 29.2 Å². The van der Waals surface area contributed by atoms with Crippen molar-refractivity contribution in [2.45, 2.75) is 37.7 Å². The van der Waals surface area contributed by atoms with Gasteiger partial charge < -0.3 is 4.74 Å². The zero-order valence-corrected chi connectivity index (χ0v) is 12.2. The van der Waals surface area contributed by atoms with E-state index in [1.165, 1.54) is 0 Å². The smallest absolute Gasteiger partial charge is 0.297 e. The van der Waals surface area contributed by atoms with Crippen molar-refractivity contribution in [2.75, 3.05) is 13.2 Å². The second-order valence-electron chi connectivity index (χ2n) is 5.02. The minimum atomic E-state index is -3.67. The second kappa shape index (κ2) is 6.03. The molecule has 0 aliphatic carbocycles. The molecular weight excluding hydrogens is 264 g/mol. The molecule has 106 valence electrons. The topological polar surface area (TPSA) is 52.6 Å². The number of rotatable bonds is 4. The van der Waals surface area contributed by atoms with E-state index in [0.29, 0.717) is 13.2 Å². The molecule has 4 nitrogen and oxygen atoms in total. The highest BCUT2D eigenvalue weighted by molar-refractivity contribution is 7.86. The van der Waals surface area contributed by atoms with Gasteiger partial charge in [0.05, 0.1) is 11.0 Å². The zero-order valence-electron chi connectivity index (χ0n) is 11.3. The van der Waals surface area contributed by atoms with Gasteiger partial charge in [0.25, 0.3) is 10.1 Å². The predicted molar refractivity (Wildman–Crippen MR) is 72.5 cm³/mol. The highest BCUT2D eigenvalue weighted by Crippen LogP contribution is 2.24. The Morgan fingerprint density at radius 3 is 2.37 bits per heavy atom. The molecule has 1 fully saturated rings. The Bertz CT molecular complexity index is 501. The number of hydrogen-bond donors (Lipinski definition) is 0. The number of ether oxygens (including phenoxy) is 1. The second-order valence-corrected chi connectivity index (χ2v) is 6.59. The van der Waals surface area contributed by atoms with Crippen molar-refractivity contribution in [3.63, 3.8) is 0 Å². The van der Waals surface area contributed by atoms with Crippen LogP contribution in [0.25, 0.3) is 0 Å². The molecule has 0 radical (unpaired) electrons. The minimum Gasteiger partial charge on any atom is -0.381 e. The van der Waals surface area contributed by atoms with Gasteiger partial charge in [0.2, 0.25) is 0 Å². The third-order valence-electron chi connectivity index (χ3n) is 3.52. The standard InChI is InChI=1S/C14H20O4S/c1-11-3-5-14(6-4-11)19(15,16)18-12(2)13-7-9-17-10-8-13/h3-6,12-13H,7-10H2,1-2H3. The Morgan fingerprint density at radius 1 is 1.21 bits per heavy atom. The van der Waals surface area contributed by atoms with Gasteiger partial charge in [0, 0.05) is 13.2 Å². The summed E-state index contributed by atoms with van der Waals surface area (Å²) in [7, 11) is -3.67. The van der Waals surface area contributed by atoms with E-state index in [1.54, 1.807) is 24.3 Å². The monoisotopic (exact) mass is 284 g/mol. The molecule has 1 aromatic rings. The van der Waals surface area contributed by atoms with Crippen molar-refractivity contribution >= 4 is 10.1 Å². The number of hydrogen-bond acceptors (Lipinski definition) is 4. The molecule has 19 heavy (non-hydrogen) atoms. The Hall–Kier alpha value is -0.910. The quantitative estimate of drug-likeness (QED) is 0.797. The summed E-state index contributed by atoms with van der Waals surface area (Å²) < 4.78 is 34.9. The van der Waals surface area contributed by atoms with E-state index in [1.807, 2.05) is 13.8 Å². The molecule has 1 aliphatic rings. The van der Waals surface area contributed by atoms with Crippen LogP contribution >= 0.6 is 0 Å². The van der Waals surface area contributed by atoms with Crippen LogP contribution < -0.4 is 0 Å². The Labute approximate surface area is 114 Å². The van der Waals surface area contributed by atoms with E-state index in [9.17, 15) is 8.42 Å². The molecular formula is C14H20O4S. The number of aryl methyl sites for hydroxylation is 1. The summed E-state index contributed by atoms with van der Waals surface area (Å²) in [6.45, 7) is 5.11. The first kappa shape index (κ1) is 14.5. The van der Waals surface area contributed by atoms with Gasteiger partial charge in [-0.05, 0) is 44.7 Å². The SMILES string of the molecule is Cc1ccc(S(=O)(=O)OC(C)C2CCOCC2)cc1. The summed E-state index contributed by atoms with van der Waals surface area (Å²) in [6, 6.07) is 6.72. The average molecular weight is 284 g/mol. The fraction of sp³-hybridized carbons (Fsp3) is 0.571. The van der Waals surface area contributed by atoms with Gasteiger partial charge in [0.15, 0.2) is 0 Å². The normalized spacial score (nSPS) is 19.3. The average Bonchev–Trinajstić information content (AvgIpc) is 2.40. The first-order valence-corrected chi connectivity index (χ1v) is 7.97. The molecule has 0 amide bonds. The summed E-state index contributed by atoms with van der Waals surface area (Å²) in [5, 5.41) is 0. The molecule has 0 bridgehead atoms. The lowest BCUT2D eigenvalue weighted by atomic mass is 9.95. The summed E-state index contributed by atoms with van der Waals surface area (Å²) in [5.41, 5.74) is 1.02. The first-order chi connectivity index (χ1) is 8.99. The highest BCUT2D eigenvalue weighted by Gasteiger charge is 2.26. The largest absolute Gasteiger partial charge is 0.381 e. The van der Waals surface area contributed by atoms with E-state index in [2.05, 4.69) is 0 Å². The van der Waals surface area contributed by atoms with Crippen LogP contribution in [-0.4, -0.2) is 27.7 Å². The van der Waals surface area contributed by atoms with Crippen LogP contribution in [0.1, 0.15) is 25.3 Å². The summed E-state index contributed by atoms with van der Waals surface area (Å²) >= 11 is 0. The van der Waals surface area contributed by atoms with Crippen molar-refractivity contribution < 1.29 is 17.3 Å². The molecule has 1 heterocycles. The van der Waals surface area contributed by atoms with Gasteiger partial charge >= 0.3 is 0 Å². The van der Waals surface area contributed by atoms with E-state index in [4.69, 9.17) is 8.92 Å². The summed E-state index contributed by atoms with van der Waals surface area (Å²) in [5.74, 6) is 0.244. The van der Waals surface area contributed by atoms with Crippen molar-refractivity contribution in [3.8, 4) is 0 Å². The van der Waals surface area contributed by atoms with Gasteiger partial charge in [-0.3, -0.25) is 4.18 Å². The lowest BCUT2D eigenvalue weighted by Crippen LogP contribution is -2.29. The Balaban J connectivity index is 2.05. The van der Waals surface area contributed by atoms with Gasteiger partial charge in [-0.15, -0.1) is 0 Å². The molecule has 0 spiro atoms. The third kappa shape index (κ3) is 3.78. The van der Waals surface area contributed by atoms with E-state index < -0.39 is 10.1 Å². The first-order valence-electron chi connectivity index (χ1n) is 6.57. The van der Waals surface area contributed by atoms with Gasteiger partial charge in [0.1, 0.15) is 0 Å².